The maximum atomic E-state index is 12.9. The van der Waals surface area contributed by atoms with Gasteiger partial charge >= 0.3 is 0 Å². The van der Waals surface area contributed by atoms with Gasteiger partial charge in [0.05, 0.1) is 12.3 Å². The van der Waals surface area contributed by atoms with E-state index in [1.54, 1.807) is 27.5 Å². The van der Waals surface area contributed by atoms with Crippen molar-refractivity contribution in [1.82, 2.24) is 19.5 Å². The summed E-state index contributed by atoms with van der Waals surface area (Å²) in [5.74, 6) is 0.701. The zero-order valence-corrected chi connectivity index (χ0v) is 18.2. The highest BCUT2D eigenvalue weighted by Gasteiger charge is 2.11. The normalized spacial score (nSPS) is 10.9. The van der Waals surface area contributed by atoms with Gasteiger partial charge in [-0.15, -0.1) is 0 Å². The van der Waals surface area contributed by atoms with Gasteiger partial charge in [0.2, 0.25) is 5.91 Å². The lowest BCUT2D eigenvalue weighted by Crippen LogP contribution is -2.27. The third-order valence-electron chi connectivity index (χ3n) is 5.38. The van der Waals surface area contributed by atoms with Crippen molar-refractivity contribution in [1.29, 1.82) is 0 Å². The molecule has 0 aliphatic carbocycles. The number of nitrogens with zero attached hydrogens (tertiary/aromatic N) is 3. The third-order valence-corrected chi connectivity index (χ3v) is 5.38. The van der Waals surface area contributed by atoms with Crippen LogP contribution in [0.15, 0.2) is 71.8 Å². The van der Waals surface area contributed by atoms with Crippen LogP contribution >= 0.6 is 0 Å². The number of carbonyl (C=O) groups is 1. The standard InChI is InChI=1S/C25H26N4O3/c1-3-32-21-10-8-19(9-11-21)22-16-23-25(31)28(14-15-29(23)27-22)13-12-24(30)26-17-20-7-5-4-6-18(20)2/h4-11,14-16H,3,12-13,17H2,1-2H3,(H,26,30). The van der Waals surface area contributed by atoms with Crippen molar-refractivity contribution in [2.75, 3.05) is 6.61 Å². The van der Waals surface area contributed by atoms with Gasteiger partial charge in [0.15, 0.2) is 0 Å². The van der Waals surface area contributed by atoms with Crippen LogP contribution in [0.1, 0.15) is 24.5 Å². The summed E-state index contributed by atoms with van der Waals surface area (Å²) in [6.07, 6.45) is 3.63. The third kappa shape index (κ3) is 4.72. The fourth-order valence-corrected chi connectivity index (χ4v) is 3.54. The molecule has 0 aliphatic rings. The van der Waals surface area contributed by atoms with Crippen LogP contribution in [0.2, 0.25) is 0 Å². The fraction of sp³-hybridized carbons (Fsp3) is 0.240. The van der Waals surface area contributed by atoms with Crippen LogP contribution in [0.25, 0.3) is 16.8 Å². The van der Waals surface area contributed by atoms with Crippen LogP contribution in [0.3, 0.4) is 0 Å². The van der Waals surface area contributed by atoms with Crippen molar-refractivity contribution < 1.29 is 9.53 Å². The molecule has 0 atom stereocenters. The molecule has 0 saturated carbocycles. The molecule has 32 heavy (non-hydrogen) atoms. The number of aryl methyl sites for hydroxylation is 2. The van der Waals surface area contributed by atoms with Gasteiger partial charge < -0.3 is 14.6 Å². The van der Waals surface area contributed by atoms with E-state index in [2.05, 4.69) is 10.4 Å². The second kappa shape index (κ2) is 9.51. The zero-order chi connectivity index (χ0) is 22.5. The number of fused-ring (bicyclic) bond motifs is 1. The maximum Gasteiger partial charge on any atom is 0.276 e. The molecule has 0 radical (unpaired) electrons. The Morgan fingerprint density at radius 2 is 1.88 bits per heavy atom. The maximum absolute atomic E-state index is 12.9. The van der Waals surface area contributed by atoms with E-state index in [0.29, 0.717) is 30.9 Å². The van der Waals surface area contributed by atoms with Gasteiger partial charge in [-0.3, -0.25) is 9.59 Å². The van der Waals surface area contributed by atoms with Gasteiger partial charge in [0.1, 0.15) is 11.3 Å². The molecule has 2 heterocycles. The summed E-state index contributed by atoms with van der Waals surface area (Å²) < 4.78 is 8.59. The number of nitrogens with one attached hydrogen (secondary N) is 1. The summed E-state index contributed by atoms with van der Waals surface area (Å²) in [6.45, 7) is 5.35. The molecular weight excluding hydrogens is 404 g/mol. The largest absolute Gasteiger partial charge is 0.494 e. The molecule has 2 aromatic carbocycles. The predicted molar refractivity (Wildman–Crippen MR) is 124 cm³/mol. The molecule has 164 valence electrons. The van der Waals surface area contributed by atoms with E-state index in [0.717, 1.165) is 22.4 Å². The summed E-state index contributed by atoms with van der Waals surface area (Å²) in [5.41, 5.74) is 4.12. The number of hydrogen-bond acceptors (Lipinski definition) is 4. The molecule has 2 aromatic heterocycles. The number of ether oxygens (including phenoxy) is 1. The lowest BCUT2D eigenvalue weighted by atomic mass is 10.1. The first-order chi connectivity index (χ1) is 15.5. The van der Waals surface area contributed by atoms with E-state index < -0.39 is 0 Å². The summed E-state index contributed by atoms with van der Waals surface area (Å²) in [7, 11) is 0. The zero-order valence-electron chi connectivity index (χ0n) is 18.2. The Kier molecular flexibility index (Phi) is 6.35. The number of aromatic nitrogens is 3. The topological polar surface area (TPSA) is 77.6 Å². The lowest BCUT2D eigenvalue weighted by molar-refractivity contribution is -0.121. The average Bonchev–Trinajstić information content (AvgIpc) is 3.24. The number of rotatable bonds is 8. The molecule has 1 amide bonds. The molecule has 1 N–H and O–H groups in total. The van der Waals surface area contributed by atoms with Crippen LogP contribution in [0.4, 0.5) is 0 Å². The van der Waals surface area contributed by atoms with Gasteiger partial charge in [-0.25, -0.2) is 4.52 Å². The fourth-order valence-electron chi connectivity index (χ4n) is 3.54. The van der Waals surface area contributed by atoms with E-state index >= 15 is 0 Å². The number of hydrogen-bond donors (Lipinski definition) is 1. The van der Waals surface area contributed by atoms with Gasteiger partial charge in [-0.05, 0) is 55.3 Å². The van der Waals surface area contributed by atoms with Crippen LogP contribution in [0.5, 0.6) is 5.75 Å². The lowest BCUT2D eigenvalue weighted by Gasteiger charge is -2.09. The molecule has 0 aliphatic heterocycles. The first-order valence-corrected chi connectivity index (χ1v) is 10.7. The Morgan fingerprint density at radius 1 is 1.09 bits per heavy atom. The molecule has 0 unspecified atom stereocenters. The first kappa shape index (κ1) is 21.4. The highest BCUT2D eigenvalue weighted by atomic mass is 16.5. The highest BCUT2D eigenvalue weighted by Crippen LogP contribution is 2.21. The minimum absolute atomic E-state index is 0.0939. The predicted octanol–water partition coefficient (Wildman–Crippen LogP) is 3.58. The van der Waals surface area contributed by atoms with Crippen molar-refractivity contribution in [3.63, 3.8) is 0 Å². The number of benzene rings is 2. The van der Waals surface area contributed by atoms with Crippen LogP contribution in [0, 0.1) is 6.92 Å². The van der Waals surface area contributed by atoms with Gasteiger partial charge in [0.25, 0.3) is 5.56 Å². The molecule has 0 spiro atoms. The molecule has 4 aromatic rings. The summed E-state index contributed by atoms with van der Waals surface area (Å²) >= 11 is 0. The van der Waals surface area contributed by atoms with Crippen molar-refractivity contribution >= 4 is 11.4 Å². The second-order valence-electron chi connectivity index (χ2n) is 7.57. The molecule has 4 rings (SSSR count). The van der Waals surface area contributed by atoms with E-state index in [-0.39, 0.29) is 17.9 Å². The van der Waals surface area contributed by atoms with Crippen molar-refractivity contribution in [3.8, 4) is 17.0 Å². The molecule has 7 heteroatoms. The van der Waals surface area contributed by atoms with E-state index in [4.69, 9.17) is 4.74 Å². The van der Waals surface area contributed by atoms with Crippen LogP contribution in [-0.4, -0.2) is 26.7 Å². The minimum atomic E-state index is -0.177. The Morgan fingerprint density at radius 3 is 2.62 bits per heavy atom. The SMILES string of the molecule is CCOc1ccc(-c2cc3c(=O)n(CCC(=O)NCc4ccccc4C)ccn3n2)cc1. The van der Waals surface area contributed by atoms with Gasteiger partial charge in [-0.2, -0.15) is 5.10 Å². The summed E-state index contributed by atoms with van der Waals surface area (Å²) in [6, 6.07) is 17.3. The summed E-state index contributed by atoms with van der Waals surface area (Å²) in [5, 5.41) is 7.43. The van der Waals surface area contributed by atoms with E-state index in [1.165, 1.54) is 0 Å². The Balaban J connectivity index is 1.43. The van der Waals surface area contributed by atoms with Crippen molar-refractivity contribution in [2.24, 2.45) is 0 Å². The molecule has 0 saturated heterocycles. The Bertz CT molecular complexity index is 1290. The molecular formula is C25H26N4O3. The van der Waals surface area contributed by atoms with Crippen LogP contribution in [-0.2, 0) is 17.9 Å². The monoisotopic (exact) mass is 430 g/mol. The quantitative estimate of drug-likeness (QED) is 0.464. The molecule has 0 fully saturated rings. The number of amides is 1. The average molecular weight is 431 g/mol. The smallest absolute Gasteiger partial charge is 0.276 e. The van der Waals surface area contributed by atoms with Crippen LogP contribution < -0.4 is 15.6 Å². The minimum Gasteiger partial charge on any atom is -0.494 e. The van der Waals surface area contributed by atoms with Gasteiger partial charge in [-0.1, -0.05) is 24.3 Å². The first-order valence-electron chi connectivity index (χ1n) is 10.7. The molecule has 0 bridgehead atoms. The van der Waals surface area contributed by atoms with E-state index in [1.807, 2.05) is 62.4 Å². The Labute approximate surface area is 186 Å². The number of carbonyl (C=O) groups excluding carboxylic acids is 1. The van der Waals surface area contributed by atoms with Crippen molar-refractivity contribution in [3.05, 3.63) is 88.5 Å². The van der Waals surface area contributed by atoms with Crippen molar-refractivity contribution in [2.45, 2.75) is 33.4 Å². The summed E-state index contributed by atoms with van der Waals surface area (Å²) in [4.78, 5) is 25.2. The molecule has 7 nitrogen and oxygen atoms in total. The van der Waals surface area contributed by atoms with E-state index in [9.17, 15) is 9.59 Å². The second-order valence-corrected chi connectivity index (χ2v) is 7.57. The van der Waals surface area contributed by atoms with Gasteiger partial charge in [0, 0.05) is 37.5 Å². The highest BCUT2D eigenvalue weighted by molar-refractivity contribution is 5.75. The Hall–Kier alpha value is -3.87.